The number of para-hydroxylation sites is 2. The molecule has 46 heavy (non-hydrogen) atoms. The Hall–Kier alpha value is -4.88. The molecule has 220 valence electrons. The number of thiazole rings is 1. The van der Waals surface area contributed by atoms with Crippen molar-refractivity contribution in [2.24, 2.45) is 0 Å². The summed E-state index contributed by atoms with van der Waals surface area (Å²) in [6.45, 7) is 0. The van der Waals surface area contributed by atoms with Gasteiger partial charge in [0.15, 0.2) is 0 Å². The maximum Gasteiger partial charge on any atom is 0.124 e. The van der Waals surface area contributed by atoms with E-state index in [9.17, 15) is 0 Å². The van der Waals surface area contributed by atoms with Gasteiger partial charge in [0, 0.05) is 42.8 Å². The average molecular weight is 646 g/mol. The number of fused-ring (bicyclic) bond motifs is 3. The van der Waals surface area contributed by atoms with Gasteiger partial charge < -0.3 is 10.2 Å². The molecular weight excluding hydrogens is 619 g/mol. The summed E-state index contributed by atoms with van der Waals surface area (Å²) in [6.07, 6.45) is 0. The van der Waals surface area contributed by atoms with Crippen molar-refractivity contribution in [1.82, 2.24) is 4.98 Å². The van der Waals surface area contributed by atoms with Gasteiger partial charge in [-0.15, -0.1) is 22.7 Å². The Kier molecular flexibility index (Phi) is 6.85. The van der Waals surface area contributed by atoms with Crippen molar-refractivity contribution in [3.63, 3.8) is 0 Å². The number of rotatable bonds is 6. The van der Waals surface area contributed by atoms with Crippen molar-refractivity contribution in [3.05, 3.63) is 157 Å². The Morgan fingerprint density at radius 1 is 0.565 bits per heavy atom. The minimum atomic E-state index is 0.202. The quantitative estimate of drug-likeness (QED) is 0.195. The van der Waals surface area contributed by atoms with Crippen LogP contribution in [0, 0.1) is 0 Å². The predicted molar refractivity (Wildman–Crippen MR) is 199 cm³/mol. The molecule has 0 spiro atoms. The van der Waals surface area contributed by atoms with E-state index in [0.29, 0.717) is 0 Å². The summed E-state index contributed by atoms with van der Waals surface area (Å²) in [5.74, 6) is 0. The molecule has 3 nitrogen and oxygen atoms in total. The maximum atomic E-state index is 4.89. The number of hydrogen-bond donors (Lipinski definition) is 1. The molecule has 0 radical (unpaired) electrons. The second kappa shape index (κ2) is 11.5. The molecule has 6 aromatic carbocycles. The number of anilines is 4. The van der Waals surface area contributed by atoms with Crippen LogP contribution in [0.4, 0.5) is 22.7 Å². The largest absolute Gasteiger partial charge is 0.368 e. The van der Waals surface area contributed by atoms with E-state index in [4.69, 9.17) is 4.98 Å². The summed E-state index contributed by atoms with van der Waals surface area (Å²) in [7, 11) is 0. The van der Waals surface area contributed by atoms with E-state index in [1.165, 1.54) is 41.4 Å². The lowest BCUT2D eigenvalue weighted by molar-refractivity contribution is 1.13. The standard InChI is InChI=1S/C40H27N3S3/c1-4-10-35-29(7-1)25-38(44-35)26-13-19-30(20-14-26)43(31-21-15-27(16-22-31)39-41-33-8-2-5-11-36(33)45-39)32-23-17-28(18-24-32)40-42-34-9-3-6-12-37(34)46-40/h1-25,39,41H. The molecule has 1 atom stereocenters. The fourth-order valence-corrected chi connectivity index (χ4v) is 9.21. The SMILES string of the molecule is c1ccc2c(c1)NC(c1ccc(N(c3ccc(-c4cc5ccccc5s4)cc3)c3ccc(-c4nc5ccccc5s4)cc3)cc1)S2. The summed E-state index contributed by atoms with van der Waals surface area (Å²) in [4.78, 5) is 9.81. The van der Waals surface area contributed by atoms with Gasteiger partial charge in [0.05, 0.1) is 10.2 Å². The van der Waals surface area contributed by atoms with Gasteiger partial charge in [0.1, 0.15) is 10.4 Å². The molecule has 6 heteroatoms. The lowest BCUT2D eigenvalue weighted by atomic mass is 10.1. The zero-order chi connectivity index (χ0) is 30.5. The van der Waals surface area contributed by atoms with Gasteiger partial charge in [-0.1, -0.05) is 78.5 Å². The van der Waals surface area contributed by atoms with Crippen molar-refractivity contribution < 1.29 is 0 Å². The van der Waals surface area contributed by atoms with Crippen LogP contribution in [-0.2, 0) is 0 Å². The molecule has 0 saturated heterocycles. The Bertz CT molecular complexity index is 2110. The van der Waals surface area contributed by atoms with Crippen molar-refractivity contribution in [1.29, 1.82) is 0 Å². The molecule has 0 amide bonds. The first-order valence-electron chi connectivity index (χ1n) is 15.2. The molecule has 2 aromatic heterocycles. The third-order valence-electron chi connectivity index (χ3n) is 8.37. The minimum absolute atomic E-state index is 0.202. The molecule has 0 fully saturated rings. The number of thiophene rings is 1. The van der Waals surface area contributed by atoms with Crippen molar-refractivity contribution in [3.8, 4) is 21.0 Å². The van der Waals surface area contributed by atoms with Crippen LogP contribution in [0.25, 0.3) is 41.3 Å². The monoisotopic (exact) mass is 645 g/mol. The molecule has 8 aromatic rings. The van der Waals surface area contributed by atoms with Crippen molar-refractivity contribution in [2.45, 2.75) is 10.3 Å². The molecule has 1 aliphatic rings. The number of thioether (sulfide) groups is 1. The third-order valence-corrected chi connectivity index (χ3v) is 11.9. The van der Waals surface area contributed by atoms with E-state index in [-0.39, 0.29) is 5.37 Å². The van der Waals surface area contributed by atoms with E-state index >= 15 is 0 Å². The zero-order valence-electron chi connectivity index (χ0n) is 24.6. The smallest absolute Gasteiger partial charge is 0.124 e. The average Bonchev–Trinajstić information content (AvgIpc) is 3.86. The Labute approximate surface area is 279 Å². The number of hydrogen-bond acceptors (Lipinski definition) is 6. The molecule has 0 aliphatic carbocycles. The van der Waals surface area contributed by atoms with Gasteiger partial charge in [-0.05, 0) is 101 Å². The van der Waals surface area contributed by atoms with E-state index in [1.54, 1.807) is 11.3 Å². The molecule has 1 unspecified atom stereocenters. The van der Waals surface area contributed by atoms with Crippen LogP contribution < -0.4 is 10.2 Å². The van der Waals surface area contributed by atoms with Gasteiger partial charge in [-0.3, -0.25) is 0 Å². The fraction of sp³-hybridized carbons (Fsp3) is 0.0250. The molecule has 9 rings (SSSR count). The Morgan fingerprint density at radius 2 is 1.20 bits per heavy atom. The highest BCUT2D eigenvalue weighted by atomic mass is 32.2. The maximum absolute atomic E-state index is 4.89. The molecule has 1 N–H and O–H groups in total. The molecule has 1 aliphatic heterocycles. The first-order chi connectivity index (χ1) is 22.7. The van der Waals surface area contributed by atoms with Crippen LogP contribution in [0.3, 0.4) is 0 Å². The van der Waals surface area contributed by atoms with Gasteiger partial charge in [-0.2, -0.15) is 0 Å². The van der Waals surface area contributed by atoms with Crippen LogP contribution in [0.2, 0.25) is 0 Å². The van der Waals surface area contributed by atoms with Crippen LogP contribution in [0.15, 0.2) is 157 Å². The Balaban J connectivity index is 1.06. The van der Waals surface area contributed by atoms with Crippen LogP contribution in [0.1, 0.15) is 10.9 Å². The molecular formula is C40H27N3S3. The van der Waals surface area contributed by atoms with Crippen molar-refractivity contribution >= 4 is 77.5 Å². The summed E-state index contributed by atoms with van der Waals surface area (Å²) in [5, 5.41) is 6.21. The van der Waals surface area contributed by atoms with Crippen LogP contribution in [0.5, 0.6) is 0 Å². The van der Waals surface area contributed by atoms with Crippen LogP contribution >= 0.6 is 34.4 Å². The first kappa shape index (κ1) is 27.4. The number of nitrogens with zero attached hydrogens (tertiary/aromatic N) is 2. The number of nitrogens with one attached hydrogen (secondary N) is 1. The highest BCUT2D eigenvalue weighted by Gasteiger charge is 2.23. The van der Waals surface area contributed by atoms with E-state index in [0.717, 1.165) is 33.1 Å². The van der Waals surface area contributed by atoms with Gasteiger partial charge in [0.2, 0.25) is 0 Å². The number of aromatic nitrogens is 1. The second-order valence-corrected chi connectivity index (χ2v) is 14.6. The Morgan fingerprint density at radius 3 is 1.91 bits per heavy atom. The van der Waals surface area contributed by atoms with Gasteiger partial charge in [0.25, 0.3) is 0 Å². The summed E-state index contributed by atoms with van der Waals surface area (Å²) < 4.78 is 2.52. The van der Waals surface area contributed by atoms with Crippen LogP contribution in [-0.4, -0.2) is 4.98 Å². The molecule has 0 saturated carbocycles. The highest BCUT2D eigenvalue weighted by molar-refractivity contribution is 8.00. The predicted octanol–water partition coefficient (Wildman–Crippen LogP) is 12.5. The summed E-state index contributed by atoms with van der Waals surface area (Å²) in [5.41, 5.74) is 9.21. The third kappa shape index (κ3) is 5.05. The number of benzene rings is 6. The minimum Gasteiger partial charge on any atom is -0.368 e. The molecule has 0 bridgehead atoms. The zero-order valence-corrected chi connectivity index (χ0v) is 27.1. The summed E-state index contributed by atoms with van der Waals surface area (Å²) >= 11 is 5.45. The van der Waals surface area contributed by atoms with E-state index in [1.807, 2.05) is 29.2 Å². The highest BCUT2D eigenvalue weighted by Crippen LogP contribution is 2.47. The second-order valence-electron chi connectivity index (χ2n) is 11.3. The van der Waals surface area contributed by atoms with E-state index in [2.05, 4.69) is 156 Å². The van der Waals surface area contributed by atoms with Crippen molar-refractivity contribution in [2.75, 3.05) is 10.2 Å². The normalized spacial score (nSPS) is 14.0. The first-order valence-corrected chi connectivity index (χ1v) is 17.7. The lowest BCUT2D eigenvalue weighted by Gasteiger charge is -2.26. The molecule has 3 heterocycles. The summed E-state index contributed by atoms with van der Waals surface area (Å²) in [6, 6.07) is 54.5. The lowest BCUT2D eigenvalue weighted by Crippen LogP contribution is -2.10. The fourth-order valence-electron chi connectivity index (χ4n) is 6.03. The van der Waals surface area contributed by atoms with Gasteiger partial charge in [-0.25, -0.2) is 4.98 Å². The van der Waals surface area contributed by atoms with E-state index < -0.39 is 0 Å². The topological polar surface area (TPSA) is 28.2 Å². The van der Waals surface area contributed by atoms with Gasteiger partial charge >= 0.3 is 0 Å².